The summed E-state index contributed by atoms with van der Waals surface area (Å²) in [4.78, 5) is 0. The second kappa shape index (κ2) is 6.89. The molecule has 2 heterocycles. The van der Waals surface area contributed by atoms with Gasteiger partial charge in [-0.15, -0.1) is 0 Å². The first kappa shape index (κ1) is 16.5. The van der Waals surface area contributed by atoms with Crippen molar-refractivity contribution in [2.24, 2.45) is 7.05 Å². The summed E-state index contributed by atoms with van der Waals surface area (Å²) in [6.45, 7) is 5.28. The lowest BCUT2D eigenvalue weighted by Gasteiger charge is -2.33. The fourth-order valence-corrected chi connectivity index (χ4v) is 4.34. The maximum Gasteiger partial charge on any atom is 0.214 e. The molecule has 1 saturated heterocycles. The van der Waals surface area contributed by atoms with Crippen LogP contribution in [-0.4, -0.2) is 47.4 Å². The van der Waals surface area contributed by atoms with Gasteiger partial charge in [0.15, 0.2) is 0 Å². The Morgan fingerprint density at radius 1 is 1.43 bits per heavy atom. The third kappa shape index (κ3) is 4.28. The van der Waals surface area contributed by atoms with E-state index in [1.54, 1.807) is 8.99 Å². The van der Waals surface area contributed by atoms with Crippen molar-refractivity contribution in [3.63, 3.8) is 0 Å². The van der Waals surface area contributed by atoms with Crippen LogP contribution in [-0.2, 0) is 17.1 Å². The van der Waals surface area contributed by atoms with Crippen LogP contribution in [0, 0.1) is 0 Å². The third-order valence-electron chi connectivity index (χ3n) is 4.02. The Labute approximate surface area is 127 Å². The smallest absolute Gasteiger partial charge is 0.214 e. The van der Waals surface area contributed by atoms with E-state index >= 15 is 0 Å². The van der Waals surface area contributed by atoms with Crippen LogP contribution in [0.25, 0.3) is 0 Å². The van der Waals surface area contributed by atoms with Crippen LogP contribution in [0.4, 0.5) is 0 Å². The lowest BCUT2D eigenvalue weighted by molar-refractivity contribution is 0.277. The fraction of sp³-hybridized carbons (Fsp3) is 0.786. The molecule has 0 spiro atoms. The van der Waals surface area contributed by atoms with Crippen molar-refractivity contribution < 1.29 is 8.42 Å². The van der Waals surface area contributed by atoms with Crippen molar-refractivity contribution in [3.05, 3.63) is 18.0 Å². The molecule has 7 heteroatoms. The van der Waals surface area contributed by atoms with Gasteiger partial charge in [0.25, 0.3) is 0 Å². The van der Waals surface area contributed by atoms with Crippen molar-refractivity contribution in [1.82, 2.24) is 19.4 Å². The van der Waals surface area contributed by atoms with Crippen molar-refractivity contribution in [1.29, 1.82) is 0 Å². The molecular weight excluding hydrogens is 288 g/mol. The van der Waals surface area contributed by atoms with Crippen LogP contribution < -0.4 is 5.32 Å². The standard InChI is InChI=1S/C14H26N4O2S/c1-4-9-21(19,20)18-7-5-14(6-8-18)16-12(2)13-10-15-17(3)11-13/h10-12,14,16H,4-9H2,1-3H3. The summed E-state index contributed by atoms with van der Waals surface area (Å²) in [6.07, 6.45) is 6.30. The summed E-state index contributed by atoms with van der Waals surface area (Å²) in [5.41, 5.74) is 1.17. The first-order valence-electron chi connectivity index (χ1n) is 7.64. The maximum absolute atomic E-state index is 12.0. The molecule has 1 unspecified atom stereocenters. The monoisotopic (exact) mass is 314 g/mol. The maximum atomic E-state index is 12.0. The average Bonchev–Trinajstić information content (AvgIpc) is 2.86. The minimum Gasteiger partial charge on any atom is -0.307 e. The number of hydrogen-bond donors (Lipinski definition) is 1. The molecule has 0 radical (unpaired) electrons. The van der Waals surface area contributed by atoms with E-state index in [2.05, 4.69) is 17.3 Å². The van der Waals surface area contributed by atoms with Gasteiger partial charge in [-0.25, -0.2) is 12.7 Å². The average molecular weight is 314 g/mol. The minimum absolute atomic E-state index is 0.238. The normalized spacial score (nSPS) is 19.8. The van der Waals surface area contributed by atoms with Gasteiger partial charge in [0.05, 0.1) is 11.9 Å². The van der Waals surface area contributed by atoms with Gasteiger partial charge in [-0.3, -0.25) is 4.68 Å². The first-order valence-corrected chi connectivity index (χ1v) is 9.25. The summed E-state index contributed by atoms with van der Waals surface area (Å²) >= 11 is 0. The second-order valence-corrected chi connectivity index (χ2v) is 7.91. The highest BCUT2D eigenvalue weighted by atomic mass is 32.2. The van der Waals surface area contributed by atoms with Crippen LogP contribution >= 0.6 is 0 Å². The fourth-order valence-electron chi connectivity index (χ4n) is 2.80. The molecule has 1 aliphatic heterocycles. The Balaban J connectivity index is 1.84. The third-order valence-corrected chi connectivity index (χ3v) is 6.10. The zero-order valence-electron chi connectivity index (χ0n) is 13.1. The molecule has 1 N–H and O–H groups in total. The molecule has 120 valence electrons. The molecule has 2 rings (SSSR count). The molecule has 6 nitrogen and oxygen atoms in total. The van der Waals surface area contributed by atoms with Crippen molar-refractivity contribution >= 4 is 10.0 Å². The highest BCUT2D eigenvalue weighted by Crippen LogP contribution is 2.19. The molecule has 0 aliphatic carbocycles. The Bertz CT molecular complexity index is 547. The van der Waals surface area contributed by atoms with Crippen molar-refractivity contribution in [3.8, 4) is 0 Å². The number of hydrogen-bond acceptors (Lipinski definition) is 4. The number of nitrogens with zero attached hydrogens (tertiary/aromatic N) is 3. The molecule has 0 aromatic carbocycles. The molecule has 1 fully saturated rings. The van der Waals surface area contributed by atoms with E-state index in [-0.39, 0.29) is 11.8 Å². The SMILES string of the molecule is CCCS(=O)(=O)N1CCC(NC(C)c2cnn(C)c2)CC1. The topological polar surface area (TPSA) is 67.2 Å². The van der Waals surface area contributed by atoms with Gasteiger partial charge in [0.1, 0.15) is 0 Å². The van der Waals surface area contributed by atoms with E-state index in [1.807, 2.05) is 26.4 Å². The van der Waals surface area contributed by atoms with Gasteiger partial charge in [0, 0.05) is 44.0 Å². The number of nitrogens with one attached hydrogen (secondary N) is 1. The molecule has 0 bridgehead atoms. The second-order valence-electron chi connectivity index (χ2n) is 5.83. The number of rotatable bonds is 6. The summed E-state index contributed by atoms with van der Waals surface area (Å²) in [5, 5.41) is 7.76. The Hall–Kier alpha value is -0.920. The van der Waals surface area contributed by atoms with Gasteiger partial charge in [-0.1, -0.05) is 6.92 Å². The summed E-state index contributed by atoms with van der Waals surface area (Å²) in [6, 6.07) is 0.607. The number of aryl methyl sites for hydroxylation is 1. The van der Waals surface area contributed by atoms with E-state index < -0.39 is 10.0 Å². The summed E-state index contributed by atoms with van der Waals surface area (Å²) in [5.74, 6) is 0.261. The Morgan fingerprint density at radius 3 is 2.62 bits per heavy atom. The van der Waals surface area contributed by atoms with Gasteiger partial charge >= 0.3 is 0 Å². The zero-order chi connectivity index (χ0) is 15.5. The lowest BCUT2D eigenvalue weighted by Crippen LogP contribution is -2.46. The summed E-state index contributed by atoms with van der Waals surface area (Å²) in [7, 11) is -1.13. The van der Waals surface area contributed by atoms with Gasteiger partial charge in [-0.05, 0) is 26.2 Å². The number of sulfonamides is 1. The molecule has 0 saturated carbocycles. The van der Waals surface area contributed by atoms with E-state index in [0.717, 1.165) is 12.8 Å². The van der Waals surface area contributed by atoms with Gasteiger partial charge < -0.3 is 5.32 Å². The van der Waals surface area contributed by atoms with E-state index in [0.29, 0.717) is 25.6 Å². The predicted molar refractivity (Wildman–Crippen MR) is 83.4 cm³/mol. The molecule has 21 heavy (non-hydrogen) atoms. The lowest BCUT2D eigenvalue weighted by atomic mass is 10.0. The van der Waals surface area contributed by atoms with E-state index in [9.17, 15) is 8.42 Å². The van der Waals surface area contributed by atoms with E-state index in [1.165, 1.54) is 5.56 Å². The number of aromatic nitrogens is 2. The van der Waals surface area contributed by atoms with E-state index in [4.69, 9.17) is 0 Å². The molecule has 1 atom stereocenters. The largest absolute Gasteiger partial charge is 0.307 e. The Morgan fingerprint density at radius 2 is 2.10 bits per heavy atom. The van der Waals surface area contributed by atoms with Crippen LogP contribution in [0.15, 0.2) is 12.4 Å². The van der Waals surface area contributed by atoms with Crippen LogP contribution in [0.5, 0.6) is 0 Å². The minimum atomic E-state index is -3.04. The van der Waals surface area contributed by atoms with Gasteiger partial charge in [0.2, 0.25) is 10.0 Å². The van der Waals surface area contributed by atoms with Crippen LogP contribution in [0.1, 0.15) is 44.7 Å². The first-order chi connectivity index (χ1) is 9.92. The molecular formula is C14H26N4O2S. The summed E-state index contributed by atoms with van der Waals surface area (Å²) < 4.78 is 27.5. The predicted octanol–water partition coefficient (Wildman–Crippen LogP) is 1.27. The van der Waals surface area contributed by atoms with Gasteiger partial charge in [-0.2, -0.15) is 5.10 Å². The van der Waals surface area contributed by atoms with Crippen molar-refractivity contribution in [2.45, 2.75) is 45.2 Å². The molecule has 1 aromatic heterocycles. The van der Waals surface area contributed by atoms with Crippen LogP contribution in [0.2, 0.25) is 0 Å². The zero-order valence-corrected chi connectivity index (χ0v) is 13.9. The molecule has 1 aromatic rings. The quantitative estimate of drug-likeness (QED) is 0.859. The Kier molecular flexibility index (Phi) is 5.40. The molecule has 0 amide bonds. The highest BCUT2D eigenvalue weighted by Gasteiger charge is 2.27. The van der Waals surface area contributed by atoms with Crippen LogP contribution in [0.3, 0.4) is 0 Å². The highest BCUT2D eigenvalue weighted by molar-refractivity contribution is 7.89. The van der Waals surface area contributed by atoms with Crippen molar-refractivity contribution in [2.75, 3.05) is 18.8 Å². The number of piperidine rings is 1. The molecule has 1 aliphatic rings.